The second-order valence-corrected chi connectivity index (χ2v) is 1.52. The molecule has 4 nitrogen and oxygen atoms in total. The molecule has 0 saturated heterocycles. The number of hydrogen-bond donors (Lipinski definition) is 2. The fourth-order valence-corrected chi connectivity index (χ4v) is 0.326. The third kappa shape index (κ3) is 7.39. The predicted molar refractivity (Wildman–Crippen MR) is 30.2 cm³/mol. The van der Waals surface area contributed by atoms with E-state index in [1.165, 1.54) is 0 Å². The van der Waals surface area contributed by atoms with Gasteiger partial charge < -0.3 is 14.9 Å². The van der Waals surface area contributed by atoms with Crippen LogP contribution < -0.4 is 0 Å². The van der Waals surface area contributed by atoms with Gasteiger partial charge in [0.05, 0.1) is 0 Å². The summed E-state index contributed by atoms with van der Waals surface area (Å²) in [4.78, 5) is 9.77. The van der Waals surface area contributed by atoms with Crippen LogP contribution in [0, 0.1) is 0 Å². The maximum absolute atomic E-state index is 9.77. The fourth-order valence-electron chi connectivity index (χ4n) is 0.326. The van der Waals surface area contributed by atoms with Crippen LogP contribution in [0.15, 0.2) is 0 Å². The summed E-state index contributed by atoms with van der Waals surface area (Å²) in [7, 11) is 0. The van der Waals surface area contributed by atoms with Gasteiger partial charge in [0.25, 0.3) is 0 Å². The number of aliphatic hydroxyl groups excluding tert-OH is 1. The molecule has 0 fully saturated rings. The molecule has 0 aromatic heterocycles. The molecule has 9 heavy (non-hydrogen) atoms. The largest absolute Gasteiger partial charge is 0.480 e. The van der Waals surface area contributed by atoms with Gasteiger partial charge in [-0.3, -0.25) is 0 Å². The smallest absolute Gasteiger partial charge is 0.329 e. The monoisotopic (exact) mass is 134 g/mol. The Morgan fingerprint density at radius 2 is 2.22 bits per heavy atom. The highest BCUT2D eigenvalue weighted by Crippen LogP contribution is 1.79. The molecule has 0 heterocycles. The van der Waals surface area contributed by atoms with Crippen molar-refractivity contribution < 1.29 is 19.7 Å². The van der Waals surface area contributed by atoms with Crippen LogP contribution in [-0.2, 0) is 9.53 Å². The van der Waals surface area contributed by atoms with Gasteiger partial charge in [0, 0.05) is 13.2 Å². The molecule has 0 amide bonds. The molecule has 0 spiro atoms. The minimum atomic E-state index is -0.979. The zero-order valence-corrected chi connectivity index (χ0v) is 5.04. The average Bonchev–Trinajstić information content (AvgIpc) is 1.80. The van der Waals surface area contributed by atoms with Crippen molar-refractivity contribution in [2.24, 2.45) is 0 Å². The molecule has 0 aliphatic rings. The number of hydrogen-bond acceptors (Lipinski definition) is 3. The molecule has 0 aromatic carbocycles. The van der Waals surface area contributed by atoms with Crippen molar-refractivity contribution in [3.05, 3.63) is 0 Å². The Kier molecular flexibility index (Phi) is 5.15. The quantitative estimate of drug-likeness (QED) is 0.496. The van der Waals surface area contributed by atoms with Crippen molar-refractivity contribution in [1.82, 2.24) is 0 Å². The normalized spacial score (nSPS) is 9.44. The Morgan fingerprint density at radius 3 is 2.67 bits per heavy atom. The van der Waals surface area contributed by atoms with Gasteiger partial charge >= 0.3 is 5.97 Å². The highest BCUT2D eigenvalue weighted by molar-refractivity contribution is 5.67. The van der Waals surface area contributed by atoms with Crippen molar-refractivity contribution in [3.63, 3.8) is 0 Å². The number of carboxylic acids is 1. The van der Waals surface area contributed by atoms with E-state index in [0.717, 1.165) is 0 Å². The van der Waals surface area contributed by atoms with Crippen LogP contribution in [0.4, 0.5) is 0 Å². The van der Waals surface area contributed by atoms with Crippen LogP contribution in [0.25, 0.3) is 0 Å². The van der Waals surface area contributed by atoms with E-state index < -0.39 is 5.97 Å². The van der Waals surface area contributed by atoms with Gasteiger partial charge in [-0.15, -0.1) is 0 Å². The molecule has 0 saturated carbocycles. The van der Waals surface area contributed by atoms with E-state index in [1.807, 2.05) is 0 Å². The van der Waals surface area contributed by atoms with Gasteiger partial charge in [-0.05, 0) is 6.42 Å². The van der Waals surface area contributed by atoms with Crippen LogP contribution in [0.2, 0.25) is 0 Å². The molecule has 0 atom stereocenters. The van der Waals surface area contributed by atoms with Crippen molar-refractivity contribution in [2.75, 3.05) is 19.8 Å². The topological polar surface area (TPSA) is 66.8 Å². The molecule has 2 N–H and O–H groups in total. The SMILES string of the molecule is O=C(O)COCCCO. The second-order valence-electron chi connectivity index (χ2n) is 1.52. The van der Waals surface area contributed by atoms with E-state index in [2.05, 4.69) is 4.74 Å². The summed E-state index contributed by atoms with van der Waals surface area (Å²) in [6.45, 7) is 0.0718. The standard InChI is InChI=1S/C5H10O4/c6-2-1-3-9-4-5(7)8/h6H,1-4H2,(H,7,8). The first-order valence-electron chi connectivity index (χ1n) is 2.67. The van der Waals surface area contributed by atoms with Crippen LogP contribution in [-0.4, -0.2) is 36.0 Å². The van der Waals surface area contributed by atoms with Crippen molar-refractivity contribution in [3.8, 4) is 0 Å². The lowest BCUT2D eigenvalue weighted by atomic mass is 10.5. The molecule has 0 aliphatic heterocycles. The van der Waals surface area contributed by atoms with E-state index in [9.17, 15) is 4.79 Å². The van der Waals surface area contributed by atoms with Gasteiger partial charge in [-0.25, -0.2) is 4.79 Å². The lowest BCUT2D eigenvalue weighted by Gasteiger charge is -1.96. The number of carboxylic acid groups (broad SMARTS) is 1. The summed E-state index contributed by atoms with van der Waals surface area (Å²) in [5, 5.41) is 16.2. The third-order valence-electron chi connectivity index (χ3n) is 0.672. The number of ether oxygens (including phenoxy) is 1. The molecule has 0 radical (unpaired) electrons. The molecule has 4 heteroatoms. The number of carbonyl (C=O) groups is 1. The maximum atomic E-state index is 9.77. The Morgan fingerprint density at radius 1 is 1.56 bits per heavy atom. The van der Waals surface area contributed by atoms with Crippen molar-refractivity contribution in [2.45, 2.75) is 6.42 Å². The highest BCUT2D eigenvalue weighted by Gasteiger charge is 1.93. The Balaban J connectivity index is 2.83. The van der Waals surface area contributed by atoms with Gasteiger partial charge in [0.2, 0.25) is 0 Å². The van der Waals surface area contributed by atoms with E-state index in [1.54, 1.807) is 0 Å². The summed E-state index contributed by atoms with van der Waals surface area (Å²) in [5.41, 5.74) is 0. The third-order valence-corrected chi connectivity index (χ3v) is 0.672. The zero-order chi connectivity index (χ0) is 7.11. The predicted octanol–water partition coefficient (Wildman–Crippen LogP) is -0.530. The van der Waals surface area contributed by atoms with Crippen LogP contribution in [0.1, 0.15) is 6.42 Å². The minimum absolute atomic E-state index is 0.0413. The summed E-state index contributed by atoms with van der Waals surface area (Å²) in [6.07, 6.45) is 0.493. The summed E-state index contributed by atoms with van der Waals surface area (Å²) in [6, 6.07) is 0. The van der Waals surface area contributed by atoms with Gasteiger partial charge in [0.15, 0.2) is 0 Å². The molecule has 54 valence electrons. The number of aliphatic carboxylic acids is 1. The maximum Gasteiger partial charge on any atom is 0.329 e. The van der Waals surface area contributed by atoms with E-state index in [0.29, 0.717) is 13.0 Å². The molecular weight excluding hydrogens is 124 g/mol. The fraction of sp³-hybridized carbons (Fsp3) is 0.800. The molecule has 0 rings (SSSR count). The summed E-state index contributed by atoms with van der Waals surface area (Å²) < 4.78 is 4.58. The molecule has 0 bridgehead atoms. The van der Waals surface area contributed by atoms with Crippen molar-refractivity contribution >= 4 is 5.97 Å². The van der Waals surface area contributed by atoms with Crippen LogP contribution >= 0.6 is 0 Å². The number of aliphatic hydroxyl groups is 1. The lowest BCUT2D eigenvalue weighted by Crippen LogP contribution is -2.08. The van der Waals surface area contributed by atoms with Gasteiger partial charge in [-0.2, -0.15) is 0 Å². The zero-order valence-electron chi connectivity index (χ0n) is 5.04. The lowest BCUT2D eigenvalue weighted by molar-refractivity contribution is -0.142. The van der Waals surface area contributed by atoms with E-state index >= 15 is 0 Å². The Bertz CT molecular complexity index is 81.0. The van der Waals surface area contributed by atoms with Crippen LogP contribution in [0.5, 0.6) is 0 Å². The van der Waals surface area contributed by atoms with Gasteiger partial charge in [0.1, 0.15) is 6.61 Å². The molecule has 0 unspecified atom stereocenters. The molecular formula is C5H10O4. The Hall–Kier alpha value is -0.610. The average molecular weight is 134 g/mol. The first-order valence-corrected chi connectivity index (χ1v) is 2.67. The van der Waals surface area contributed by atoms with E-state index in [4.69, 9.17) is 10.2 Å². The van der Waals surface area contributed by atoms with E-state index in [-0.39, 0.29) is 13.2 Å². The number of rotatable bonds is 5. The second kappa shape index (κ2) is 5.53. The first kappa shape index (κ1) is 8.39. The summed E-state index contributed by atoms with van der Waals surface area (Å²) in [5.74, 6) is -0.979. The molecule has 0 aromatic rings. The summed E-state index contributed by atoms with van der Waals surface area (Å²) >= 11 is 0. The highest BCUT2D eigenvalue weighted by atomic mass is 16.5. The minimum Gasteiger partial charge on any atom is -0.480 e. The van der Waals surface area contributed by atoms with Crippen molar-refractivity contribution in [1.29, 1.82) is 0 Å². The van der Waals surface area contributed by atoms with Crippen LogP contribution in [0.3, 0.4) is 0 Å². The molecule has 0 aliphatic carbocycles. The first-order chi connectivity index (χ1) is 4.27. The van der Waals surface area contributed by atoms with Gasteiger partial charge in [-0.1, -0.05) is 0 Å². The Labute approximate surface area is 53.1 Å².